The number of carbonyl (C=O) groups is 1. The van der Waals surface area contributed by atoms with Crippen LogP contribution in [0.3, 0.4) is 0 Å². The highest BCUT2D eigenvalue weighted by Crippen LogP contribution is 2.27. The number of carbonyl (C=O) groups excluding carboxylic acids is 1. The Morgan fingerprint density at radius 2 is 1.69 bits per heavy atom. The zero-order chi connectivity index (χ0) is 20.2. The van der Waals surface area contributed by atoms with Crippen molar-refractivity contribution < 1.29 is 4.79 Å². The van der Waals surface area contributed by atoms with Gasteiger partial charge in [-0.2, -0.15) is 0 Å². The van der Waals surface area contributed by atoms with Crippen LogP contribution in [0.2, 0.25) is 0 Å². The molecule has 0 aliphatic carbocycles. The average Bonchev–Trinajstić information content (AvgIpc) is 3.05. The van der Waals surface area contributed by atoms with Gasteiger partial charge in [-0.05, 0) is 44.3 Å². The smallest absolute Gasteiger partial charge is 0.240 e. The van der Waals surface area contributed by atoms with Gasteiger partial charge in [0.2, 0.25) is 5.91 Å². The van der Waals surface area contributed by atoms with Gasteiger partial charge in [0.25, 0.3) is 0 Å². The second-order valence-electron chi connectivity index (χ2n) is 7.22. The predicted octanol–water partition coefficient (Wildman–Crippen LogP) is 3.59. The Kier molecular flexibility index (Phi) is 5.71. The average molecular weight is 390 g/mol. The minimum absolute atomic E-state index is 0.00200. The summed E-state index contributed by atoms with van der Waals surface area (Å²) in [5, 5.41) is 4.08. The van der Waals surface area contributed by atoms with Crippen molar-refractivity contribution in [2.75, 3.05) is 26.2 Å². The number of aromatic nitrogens is 3. The van der Waals surface area contributed by atoms with Gasteiger partial charge in [0.15, 0.2) is 5.65 Å². The van der Waals surface area contributed by atoms with E-state index in [1.807, 2.05) is 53.1 Å². The summed E-state index contributed by atoms with van der Waals surface area (Å²) < 4.78 is 1.98. The van der Waals surface area contributed by atoms with E-state index in [2.05, 4.69) is 24.1 Å². The number of fused-ring (bicyclic) bond motifs is 4. The number of hydrogen-bond acceptors (Lipinski definition) is 4. The summed E-state index contributed by atoms with van der Waals surface area (Å²) in [6.07, 6.45) is 0.949. The summed E-state index contributed by atoms with van der Waals surface area (Å²) in [6.45, 7) is 8.32. The normalized spacial score (nSPS) is 11.7. The highest BCUT2D eigenvalue weighted by molar-refractivity contribution is 6.07. The van der Waals surface area contributed by atoms with E-state index >= 15 is 0 Å². The highest BCUT2D eigenvalue weighted by atomic mass is 16.1. The van der Waals surface area contributed by atoms with Crippen molar-refractivity contribution in [3.63, 3.8) is 0 Å². The summed E-state index contributed by atoms with van der Waals surface area (Å²) in [4.78, 5) is 24.7. The number of rotatable bonds is 8. The molecule has 1 amide bonds. The van der Waals surface area contributed by atoms with E-state index in [4.69, 9.17) is 9.97 Å². The molecule has 150 valence electrons. The Morgan fingerprint density at radius 3 is 2.45 bits per heavy atom. The second kappa shape index (κ2) is 8.57. The first-order chi connectivity index (χ1) is 14.2. The third-order valence-electron chi connectivity index (χ3n) is 5.43. The molecule has 0 aliphatic rings. The highest BCUT2D eigenvalue weighted by Gasteiger charge is 2.16. The van der Waals surface area contributed by atoms with Gasteiger partial charge >= 0.3 is 0 Å². The van der Waals surface area contributed by atoms with Crippen molar-refractivity contribution in [2.45, 2.75) is 26.8 Å². The Hall–Kier alpha value is -2.99. The first-order valence-corrected chi connectivity index (χ1v) is 10.3. The van der Waals surface area contributed by atoms with E-state index in [1.165, 1.54) is 0 Å². The molecule has 1 N–H and O–H groups in total. The minimum Gasteiger partial charge on any atom is -0.355 e. The molecule has 0 aliphatic heterocycles. The second-order valence-corrected chi connectivity index (χ2v) is 7.22. The van der Waals surface area contributed by atoms with Crippen LogP contribution in [0, 0.1) is 0 Å². The number of amides is 1. The van der Waals surface area contributed by atoms with Crippen LogP contribution in [0.4, 0.5) is 0 Å². The molecule has 0 spiro atoms. The molecule has 0 atom stereocenters. The number of benzene rings is 2. The predicted molar refractivity (Wildman–Crippen MR) is 118 cm³/mol. The monoisotopic (exact) mass is 389 g/mol. The van der Waals surface area contributed by atoms with E-state index in [9.17, 15) is 4.79 Å². The molecule has 2 aromatic carbocycles. The zero-order valence-electron chi connectivity index (χ0n) is 17.1. The summed E-state index contributed by atoms with van der Waals surface area (Å²) in [5.41, 5.74) is 4.28. The molecule has 0 saturated heterocycles. The number of nitrogens with zero attached hydrogens (tertiary/aromatic N) is 4. The van der Waals surface area contributed by atoms with Gasteiger partial charge in [-0.25, -0.2) is 9.97 Å². The molecule has 4 rings (SSSR count). The molecule has 2 heterocycles. The van der Waals surface area contributed by atoms with Gasteiger partial charge in [0, 0.05) is 11.9 Å². The lowest BCUT2D eigenvalue weighted by Gasteiger charge is -2.17. The molecular formula is C23H27N5O. The van der Waals surface area contributed by atoms with Crippen LogP contribution in [-0.2, 0) is 11.3 Å². The third-order valence-corrected chi connectivity index (χ3v) is 5.43. The molecule has 29 heavy (non-hydrogen) atoms. The van der Waals surface area contributed by atoms with Crippen molar-refractivity contribution >= 4 is 39.0 Å². The van der Waals surface area contributed by atoms with E-state index < -0.39 is 0 Å². The molecule has 4 aromatic rings. The fourth-order valence-corrected chi connectivity index (χ4v) is 3.81. The molecular weight excluding hydrogens is 362 g/mol. The van der Waals surface area contributed by atoms with Crippen LogP contribution in [0.5, 0.6) is 0 Å². The molecule has 6 heteroatoms. The maximum Gasteiger partial charge on any atom is 0.240 e. The topological polar surface area (TPSA) is 63.1 Å². The quantitative estimate of drug-likeness (QED) is 0.468. The first kappa shape index (κ1) is 19.3. The summed E-state index contributed by atoms with van der Waals surface area (Å²) in [5.74, 6) is 0.00200. The maximum absolute atomic E-state index is 12.7. The zero-order valence-corrected chi connectivity index (χ0v) is 17.1. The number of hydrogen-bond donors (Lipinski definition) is 1. The van der Waals surface area contributed by atoms with Crippen LogP contribution in [0.25, 0.3) is 33.1 Å². The van der Waals surface area contributed by atoms with Crippen LogP contribution in [-0.4, -0.2) is 51.5 Å². The standard InChI is InChI=1S/C23H27N5O/c1-3-27(4-2)15-9-14-24-21(29)16-28-20-13-8-5-10-17(20)22-23(28)26-19-12-7-6-11-18(19)25-22/h5-8,10-13H,3-4,9,14-16H2,1-2H3,(H,24,29). The van der Waals surface area contributed by atoms with Crippen LogP contribution in [0.15, 0.2) is 48.5 Å². The van der Waals surface area contributed by atoms with E-state index in [1.54, 1.807) is 0 Å². The molecule has 0 bridgehead atoms. The maximum atomic E-state index is 12.7. The van der Waals surface area contributed by atoms with Gasteiger partial charge in [-0.3, -0.25) is 4.79 Å². The van der Waals surface area contributed by atoms with E-state index in [0.717, 1.165) is 59.2 Å². The fraction of sp³-hybridized carbons (Fsp3) is 0.348. The molecule has 0 unspecified atom stereocenters. The van der Waals surface area contributed by atoms with Gasteiger partial charge in [0.1, 0.15) is 12.1 Å². The lowest BCUT2D eigenvalue weighted by Crippen LogP contribution is -2.31. The third kappa shape index (κ3) is 3.93. The van der Waals surface area contributed by atoms with Gasteiger partial charge in [-0.1, -0.05) is 44.2 Å². The fourth-order valence-electron chi connectivity index (χ4n) is 3.81. The van der Waals surface area contributed by atoms with Crippen LogP contribution >= 0.6 is 0 Å². The lowest BCUT2D eigenvalue weighted by atomic mass is 10.2. The summed E-state index contributed by atoms with van der Waals surface area (Å²) in [7, 11) is 0. The SMILES string of the molecule is CCN(CC)CCCNC(=O)Cn1c2ccccc2c2nc3ccccc3nc21. The van der Waals surface area contributed by atoms with Gasteiger partial charge in [-0.15, -0.1) is 0 Å². The van der Waals surface area contributed by atoms with Crippen LogP contribution in [0.1, 0.15) is 20.3 Å². The van der Waals surface area contributed by atoms with Crippen molar-refractivity contribution in [3.8, 4) is 0 Å². The number of para-hydroxylation sites is 3. The van der Waals surface area contributed by atoms with Crippen molar-refractivity contribution in [1.29, 1.82) is 0 Å². The Labute approximate surface area is 170 Å². The molecule has 2 aromatic heterocycles. The van der Waals surface area contributed by atoms with Crippen molar-refractivity contribution in [3.05, 3.63) is 48.5 Å². The largest absolute Gasteiger partial charge is 0.355 e. The van der Waals surface area contributed by atoms with Crippen molar-refractivity contribution in [2.24, 2.45) is 0 Å². The van der Waals surface area contributed by atoms with E-state index in [0.29, 0.717) is 6.54 Å². The number of nitrogens with one attached hydrogen (secondary N) is 1. The summed E-state index contributed by atoms with van der Waals surface area (Å²) in [6, 6.07) is 15.9. The lowest BCUT2D eigenvalue weighted by molar-refractivity contribution is -0.121. The Bertz CT molecular complexity index is 1150. The summed E-state index contributed by atoms with van der Waals surface area (Å²) >= 11 is 0. The molecule has 0 fully saturated rings. The minimum atomic E-state index is 0.00200. The van der Waals surface area contributed by atoms with Crippen LogP contribution < -0.4 is 5.32 Å². The Balaban J connectivity index is 1.59. The molecule has 6 nitrogen and oxygen atoms in total. The van der Waals surface area contributed by atoms with Gasteiger partial charge in [0.05, 0.1) is 16.6 Å². The molecule has 0 saturated carbocycles. The van der Waals surface area contributed by atoms with E-state index in [-0.39, 0.29) is 12.5 Å². The van der Waals surface area contributed by atoms with Gasteiger partial charge < -0.3 is 14.8 Å². The van der Waals surface area contributed by atoms with Crippen molar-refractivity contribution in [1.82, 2.24) is 24.8 Å². The molecule has 0 radical (unpaired) electrons. The Morgan fingerprint density at radius 1 is 1.00 bits per heavy atom. The first-order valence-electron chi connectivity index (χ1n) is 10.3.